The van der Waals surface area contributed by atoms with Crippen LogP contribution in [0, 0.1) is 33.1 Å². The van der Waals surface area contributed by atoms with Crippen LogP contribution in [-0.2, 0) is 11.2 Å². The van der Waals surface area contributed by atoms with Crippen LogP contribution in [0.5, 0.6) is 11.5 Å². The third-order valence-electron chi connectivity index (χ3n) is 3.82. The highest BCUT2D eigenvalue weighted by atomic mass is 16.5. The molecule has 2 rings (SSSR count). The molecule has 0 radical (unpaired) electrons. The van der Waals surface area contributed by atoms with Crippen molar-refractivity contribution in [3.05, 3.63) is 22.3 Å². The van der Waals surface area contributed by atoms with Crippen LogP contribution in [0.1, 0.15) is 42.5 Å². The molecule has 0 amide bonds. The van der Waals surface area contributed by atoms with Crippen LogP contribution in [-0.4, -0.2) is 21.8 Å². The van der Waals surface area contributed by atoms with E-state index in [9.17, 15) is 5.11 Å². The van der Waals surface area contributed by atoms with Crippen molar-refractivity contribution in [2.24, 2.45) is 0 Å². The van der Waals surface area contributed by atoms with Gasteiger partial charge in [-0.2, -0.15) is 0 Å². The molecule has 1 aliphatic heterocycles. The minimum absolute atomic E-state index is 0.383. The van der Waals surface area contributed by atoms with E-state index in [0.29, 0.717) is 5.75 Å². The Hall–Kier alpha value is -2.15. The molecule has 21 heavy (non-hydrogen) atoms. The fraction of sp³-hybridized carbons (Fsp3) is 0.471. The summed E-state index contributed by atoms with van der Waals surface area (Å²) in [6.07, 6.45) is 7.17. The summed E-state index contributed by atoms with van der Waals surface area (Å²) in [4.78, 5) is 9.00. The van der Waals surface area contributed by atoms with Crippen molar-refractivity contribution in [2.45, 2.75) is 53.1 Å². The standard InChI is InChI=1S/C15H18O2.C2H4O2/c1-6-15(5)8-7-12-11(4)13(16)9(2)10(3)14(12)17-15;1-2(3)4/h1,16H,7-8H2,2-5H3;1H3,(H,3,4). The van der Waals surface area contributed by atoms with E-state index in [2.05, 4.69) is 5.92 Å². The van der Waals surface area contributed by atoms with Crippen LogP contribution in [0.15, 0.2) is 0 Å². The Bertz CT molecular complexity index is 606. The zero-order valence-electron chi connectivity index (χ0n) is 13.2. The average Bonchev–Trinajstić information content (AvgIpc) is 2.42. The molecule has 0 saturated heterocycles. The molecule has 2 N–H and O–H groups in total. The van der Waals surface area contributed by atoms with Crippen molar-refractivity contribution in [1.29, 1.82) is 0 Å². The van der Waals surface area contributed by atoms with Crippen molar-refractivity contribution in [1.82, 2.24) is 0 Å². The third-order valence-corrected chi connectivity index (χ3v) is 3.82. The summed E-state index contributed by atoms with van der Waals surface area (Å²) >= 11 is 0. The second-order valence-corrected chi connectivity index (χ2v) is 5.53. The van der Waals surface area contributed by atoms with Crippen LogP contribution < -0.4 is 4.74 Å². The largest absolute Gasteiger partial charge is 0.507 e. The second-order valence-electron chi connectivity index (χ2n) is 5.53. The van der Waals surface area contributed by atoms with Crippen molar-refractivity contribution in [3.8, 4) is 23.8 Å². The number of carbonyl (C=O) groups is 1. The molecule has 0 aliphatic carbocycles. The maximum absolute atomic E-state index is 10.0. The number of phenolic OH excluding ortho intramolecular Hbond substituents is 1. The maximum Gasteiger partial charge on any atom is 0.300 e. The molecule has 0 bridgehead atoms. The average molecular weight is 290 g/mol. The van der Waals surface area contributed by atoms with Gasteiger partial charge < -0.3 is 14.9 Å². The van der Waals surface area contributed by atoms with Crippen molar-refractivity contribution < 1.29 is 19.7 Å². The SMILES string of the molecule is C#CC1(C)CCc2c(C)c(O)c(C)c(C)c2O1.CC(=O)O. The van der Waals surface area contributed by atoms with E-state index in [0.717, 1.165) is 47.8 Å². The maximum atomic E-state index is 10.0. The number of aromatic hydroxyl groups is 1. The molecule has 0 spiro atoms. The van der Waals surface area contributed by atoms with E-state index in [-0.39, 0.29) is 0 Å². The van der Waals surface area contributed by atoms with Gasteiger partial charge >= 0.3 is 0 Å². The molecule has 0 aromatic heterocycles. The van der Waals surface area contributed by atoms with E-state index in [1.807, 2.05) is 27.7 Å². The number of hydrogen-bond acceptors (Lipinski definition) is 3. The first-order chi connectivity index (χ1) is 9.63. The quantitative estimate of drug-likeness (QED) is 0.720. The molecule has 1 aromatic carbocycles. The fourth-order valence-electron chi connectivity index (χ4n) is 2.35. The van der Waals surface area contributed by atoms with E-state index in [4.69, 9.17) is 21.1 Å². The van der Waals surface area contributed by atoms with Gasteiger partial charge in [-0.25, -0.2) is 0 Å². The number of fused-ring (bicyclic) bond motifs is 1. The molecule has 1 atom stereocenters. The smallest absolute Gasteiger partial charge is 0.300 e. The summed E-state index contributed by atoms with van der Waals surface area (Å²) in [7, 11) is 0. The number of rotatable bonds is 0. The van der Waals surface area contributed by atoms with Crippen molar-refractivity contribution in [3.63, 3.8) is 0 Å². The van der Waals surface area contributed by atoms with Crippen LogP contribution in [0.25, 0.3) is 0 Å². The van der Waals surface area contributed by atoms with E-state index < -0.39 is 11.6 Å². The number of phenols is 1. The molecule has 1 heterocycles. The number of carboxylic acid groups (broad SMARTS) is 1. The Balaban J connectivity index is 0.000000491. The van der Waals surface area contributed by atoms with Gasteiger partial charge in [-0.05, 0) is 50.8 Å². The summed E-state index contributed by atoms with van der Waals surface area (Å²) < 4.78 is 5.97. The summed E-state index contributed by atoms with van der Waals surface area (Å²) in [6.45, 7) is 8.83. The van der Waals surface area contributed by atoms with Gasteiger partial charge in [0, 0.05) is 18.9 Å². The molecule has 1 aliphatic rings. The summed E-state index contributed by atoms with van der Waals surface area (Å²) in [5.74, 6) is 3.13. The highest BCUT2D eigenvalue weighted by Gasteiger charge is 2.32. The number of aliphatic carboxylic acids is 1. The van der Waals surface area contributed by atoms with Gasteiger partial charge in [-0.3, -0.25) is 4.79 Å². The normalized spacial score (nSPS) is 19.4. The molecule has 1 unspecified atom stereocenters. The monoisotopic (exact) mass is 290 g/mol. The summed E-state index contributed by atoms with van der Waals surface area (Å²) in [5.41, 5.74) is 3.36. The van der Waals surface area contributed by atoms with Gasteiger partial charge in [0.05, 0.1) is 0 Å². The van der Waals surface area contributed by atoms with Gasteiger partial charge in [-0.1, -0.05) is 5.92 Å². The zero-order chi connectivity index (χ0) is 16.4. The zero-order valence-corrected chi connectivity index (χ0v) is 13.2. The fourth-order valence-corrected chi connectivity index (χ4v) is 2.35. The van der Waals surface area contributed by atoms with Crippen LogP contribution in [0.2, 0.25) is 0 Å². The topological polar surface area (TPSA) is 66.8 Å². The minimum Gasteiger partial charge on any atom is -0.507 e. The van der Waals surface area contributed by atoms with Gasteiger partial charge in [0.15, 0.2) is 5.60 Å². The first-order valence-electron chi connectivity index (χ1n) is 6.81. The lowest BCUT2D eigenvalue weighted by molar-refractivity contribution is -0.134. The lowest BCUT2D eigenvalue weighted by Crippen LogP contribution is -2.35. The Morgan fingerprint density at radius 1 is 1.29 bits per heavy atom. The number of benzene rings is 1. The molecule has 1 aromatic rings. The van der Waals surface area contributed by atoms with Gasteiger partial charge in [0.25, 0.3) is 5.97 Å². The van der Waals surface area contributed by atoms with E-state index in [1.54, 1.807) is 0 Å². The Kier molecular flexibility index (Phi) is 4.90. The highest BCUT2D eigenvalue weighted by molar-refractivity contribution is 5.63. The number of carboxylic acids is 1. The summed E-state index contributed by atoms with van der Waals surface area (Å²) in [5, 5.41) is 17.5. The number of terminal acetylenes is 1. The van der Waals surface area contributed by atoms with Crippen molar-refractivity contribution in [2.75, 3.05) is 0 Å². The molecular formula is C17H22O4. The Labute approximate surface area is 125 Å². The molecule has 4 nitrogen and oxygen atoms in total. The molecule has 0 fully saturated rings. The van der Waals surface area contributed by atoms with Gasteiger partial charge in [0.1, 0.15) is 11.5 Å². The first-order valence-corrected chi connectivity index (χ1v) is 6.81. The number of ether oxygens (including phenoxy) is 1. The predicted octanol–water partition coefficient (Wildman–Crippen LogP) is 3.13. The lowest BCUT2D eigenvalue weighted by atomic mass is 9.87. The Morgan fingerprint density at radius 2 is 1.81 bits per heavy atom. The van der Waals surface area contributed by atoms with Crippen LogP contribution >= 0.6 is 0 Å². The molecule has 114 valence electrons. The first kappa shape index (κ1) is 16.9. The third kappa shape index (κ3) is 3.49. The highest BCUT2D eigenvalue weighted by Crippen LogP contribution is 2.42. The van der Waals surface area contributed by atoms with Crippen LogP contribution in [0.4, 0.5) is 0 Å². The number of hydrogen-bond donors (Lipinski definition) is 2. The molecular weight excluding hydrogens is 268 g/mol. The Morgan fingerprint density at radius 3 is 2.29 bits per heavy atom. The van der Waals surface area contributed by atoms with Crippen molar-refractivity contribution >= 4 is 5.97 Å². The molecule has 4 heteroatoms. The summed E-state index contributed by atoms with van der Waals surface area (Å²) in [6, 6.07) is 0. The van der Waals surface area contributed by atoms with Gasteiger partial charge in [-0.15, -0.1) is 6.42 Å². The van der Waals surface area contributed by atoms with E-state index >= 15 is 0 Å². The minimum atomic E-state index is -0.833. The lowest BCUT2D eigenvalue weighted by Gasteiger charge is -2.34. The second kappa shape index (κ2) is 6.09. The predicted molar refractivity (Wildman–Crippen MR) is 81.8 cm³/mol. The molecule has 0 saturated carbocycles. The van der Waals surface area contributed by atoms with Crippen LogP contribution in [0.3, 0.4) is 0 Å². The van der Waals surface area contributed by atoms with E-state index in [1.165, 1.54) is 0 Å². The van der Waals surface area contributed by atoms with Gasteiger partial charge in [0.2, 0.25) is 0 Å².